The monoisotopic (exact) mass is 341 g/mol. The Morgan fingerprint density at radius 1 is 1.41 bits per heavy atom. The van der Waals surface area contributed by atoms with Gasteiger partial charge in [-0.05, 0) is 25.0 Å². The van der Waals surface area contributed by atoms with Gasteiger partial charge >= 0.3 is 10.4 Å². The first-order chi connectivity index (χ1) is 10.4. The van der Waals surface area contributed by atoms with E-state index in [1.54, 1.807) is 12.1 Å². The summed E-state index contributed by atoms with van der Waals surface area (Å²) >= 11 is 6.24. The summed E-state index contributed by atoms with van der Waals surface area (Å²) in [5.74, 6) is 1.50. The molecular formula is C13H12ClN3O4S. The molecule has 0 saturated heterocycles. The Kier molecular flexibility index (Phi) is 2.97. The summed E-state index contributed by atoms with van der Waals surface area (Å²) in [5.41, 5.74) is 2.72. The highest BCUT2D eigenvalue weighted by Gasteiger charge is 2.33. The average molecular weight is 342 g/mol. The number of aryl methyl sites for hydroxylation is 1. The summed E-state index contributed by atoms with van der Waals surface area (Å²) in [6, 6.07) is 3.48. The van der Waals surface area contributed by atoms with Gasteiger partial charge in [-0.25, -0.2) is 9.27 Å². The van der Waals surface area contributed by atoms with Gasteiger partial charge in [0.25, 0.3) is 0 Å². The van der Waals surface area contributed by atoms with E-state index in [9.17, 15) is 8.42 Å². The fourth-order valence-electron chi connectivity index (χ4n) is 2.88. The number of nitrogens with zero attached hydrogens (tertiary/aromatic N) is 3. The number of halogens is 1. The standard InChI is InChI=1S/C13H12ClN3O4S/c14-9-4-3-8-10(16-21-22(18,19)20)5-6-17-12(8)11(9)15-13(17)7-1-2-7/h3-4,7H,1-2,5-6H2,(H,18,19,20)/b16-10+. The number of benzene rings is 1. The van der Waals surface area contributed by atoms with Gasteiger partial charge in [0.1, 0.15) is 11.3 Å². The minimum Gasteiger partial charge on any atom is -0.327 e. The molecule has 1 aromatic carbocycles. The summed E-state index contributed by atoms with van der Waals surface area (Å²) in [6.07, 6.45) is 2.75. The van der Waals surface area contributed by atoms with Crippen LogP contribution in [-0.2, 0) is 21.2 Å². The molecule has 0 unspecified atom stereocenters. The molecule has 2 aliphatic rings. The molecule has 116 valence electrons. The van der Waals surface area contributed by atoms with Crippen LogP contribution in [0.2, 0.25) is 5.02 Å². The van der Waals surface area contributed by atoms with Crippen molar-refractivity contribution in [2.24, 2.45) is 5.16 Å². The third-order valence-corrected chi connectivity index (χ3v) is 4.51. The predicted octanol–water partition coefficient (Wildman–Crippen LogP) is 2.49. The van der Waals surface area contributed by atoms with Crippen molar-refractivity contribution in [1.29, 1.82) is 0 Å². The summed E-state index contributed by atoms with van der Waals surface area (Å²) in [6.45, 7) is 0.628. The van der Waals surface area contributed by atoms with E-state index in [1.165, 1.54) is 0 Å². The zero-order chi connectivity index (χ0) is 15.5. The molecule has 1 aliphatic heterocycles. The molecule has 2 aromatic rings. The van der Waals surface area contributed by atoms with Crippen molar-refractivity contribution >= 4 is 38.7 Å². The molecule has 1 saturated carbocycles. The van der Waals surface area contributed by atoms with Crippen LogP contribution in [0.15, 0.2) is 17.3 Å². The van der Waals surface area contributed by atoms with Crippen molar-refractivity contribution in [3.8, 4) is 0 Å². The first kappa shape index (κ1) is 14.0. The second-order valence-electron chi connectivity index (χ2n) is 5.48. The van der Waals surface area contributed by atoms with E-state index in [0.717, 1.165) is 29.7 Å². The highest BCUT2D eigenvalue weighted by molar-refractivity contribution is 7.80. The molecule has 0 atom stereocenters. The van der Waals surface area contributed by atoms with Gasteiger partial charge in [0, 0.05) is 24.4 Å². The van der Waals surface area contributed by atoms with E-state index < -0.39 is 10.4 Å². The summed E-state index contributed by atoms with van der Waals surface area (Å²) in [4.78, 5) is 4.66. The van der Waals surface area contributed by atoms with Gasteiger partial charge in [0.15, 0.2) is 0 Å². The first-order valence-corrected chi connectivity index (χ1v) is 8.60. The quantitative estimate of drug-likeness (QED) is 0.683. The van der Waals surface area contributed by atoms with Crippen LogP contribution >= 0.6 is 11.6 Å². The van der Waals surface area contributed by atoms with Gasteiger partial charge in [0.05, 0.1) is 16.3 Å². The zero-order valence-corrected chi connectivity index (χ0v) is 12.9. The van der Waals surface area contributed by atoms with E-state index in [-0.39, 0.29) is 0 Å². The molecule has 1 N–H and O–H groups in total. The Hall–Kier alpha value is -1.64. The number of imidazole rings is 1. The lowest BCUT2D eigenvalue weighted by atomic mass is 10.0. The lowest BCUT2D eigenvalue weighted by Gasteiger charge is -2.18. The molecule has 1 aliphatic carbocycles. The van der Waals surface area contributed by atoms with E-state index in [4.69, 9.17) is 16.2 Å². The third kappa shape index (κ3) is 2.27. The minimum atomic E-state index is -4.61. The Bertz CT molecular complexity index is 915. The third-order valence-electron chi connectivity index (χ3n) is 3.94. The molecular weight excluding hydrogens is 330 g/mol. The molecule has 4 rings (SSSR count). The van der Waals surface area contributed by atoms with Gasteiger partial charge in [-0.1, -0.05) is 16.8 Å². The van der Waals surface area contributed by atoms with Crippen LogP contribution in [0.3, 0.4) is 0 Å². The Balaban J connectivity index is 1.90. The van der Waals surface area contributed by atoms with Crippen LogP contribution in [0.4, 0.5) is 0 Å². The van der Waals surface area contributed by atoms with Gasteiger partial charge in [-0.3, -0.25) is 4.55 Å². The van der Waals surface area contributed by atoms with Gasteiger partial charge in [-0.2, -0.15) is 8.42 Å². The van der Waals surface area contributed by atoms with Gasteiger partial charge in [0.2, 0.25) is 0 Å². The van der Waals surface area contributed by atoms with Crippen molar-refractivity contribution in [1.82, 2.24) is 9.55 Å². The highest BCUT2D eigenvalue weighted by atomic mass is 35.5. The SMILES string of the molecule is O=S(=O)(O)O/N=C1\CCn2c(C3CC3)nc3c(Cl)ccc1c32. The number of hydrogen-bond acceptors (Lipinski definition) is 5. The van der Waals surface area contributed by atoms with Gasteiger partial charge < -0.3 is 4.57 Å². The molecule has 1 aromatic heterocycles. The number of oxime groups is 1. The van der Waals surface area contributed by atoms with Crippen LogP contribution in [0, 0.1) is 0 Å². The molecule has 0 radical (unpaired) electrons. The van der Waals surface area contributed by atoms with Crippen molar-refractivity contribution in [2.75, 3.05) is 0 Å². The normalized spacial score (nSPS) is 19.8. The molecule has 1 fully saturated rings. The van der Waals surface area contributed by atoms with E-state index in [2.05, 4.69) is 19.0 Å². The van der Waals surface area contributed by atoms with E-state index in [1.807, 2.05) is 0 Å². The fraction of sp³-hybridized carbons (Fsp3) is 0.385. The Morgan fingerprint density at radius 2 is 2.18 bits per heavy atom. The molecule has 0 amide bonds. The number of rotatable bonds is 3. The van der Waals surface area contributed by atoms with E-state index in [0.29, 0.717) is 35.1 Å². The second kappa shape index (κ2) is 4.68. The second-order valence-corrected chi connectivity index (χ2v) is 6.89. The topological polar surface area (TPSA) is 93.8 Å². The van der Waals surface area contributed by atoms with Crippen LogP contribution in [-0.4, -0.2) is 28.2 Å². The van der Waals surface area contributed by atoms with Crippen LogP contribution in [0.5, 0.6) is 0 Å². The minimum absolute atomic E-state index is 0.453. The summed E-state index contributed by atoms with van der Waals surface area (Å²) in [5, 5.41) is 4.12. The predicted molar refractivity (Wildman–Crippen MR) is 80.5 cm³/mol. The largest absolute Gasteiger partial charge is 0.466 e. The average Bonchev–Trinajstić information content (AvgIpc) is 3.22. The van der Waals surface area contributed by atoms with Crippen LogP contribution < -0.4 is 0 Å². The maximum absolute atomic E-state index is 10.7. The van der Waals surface area contributed by atoms with E-state index >= 15 is 0 Å². The maximum Gasteiger partial charge on any atom is 0.466 e. The number of aromatic nitrogens is 2. The summed E-state index contributed by atoms with van der Waals surface area (Å²) < 4.78 is 36.4. The van der Waals surface area contributed by atoms with Gasteiger partial charge in [-0.15, -0.1) is 0 Å². The molecule has 9 heteroatoms. The zero-order valence-electron chi connectivity index (χ0n) is 11.4. The first-order valence-electron chi connectivity index (χ1n) is 6.86. The van der Waals surface area contributed by atoms with Crippen LogP contribution in [0.25, 0.3) is 11.0 Å². The molecule has 0 spiro atoms. The van der Waals surface area contributed by atoms with Crippen molar-refractivity contribution < 1.29 is 17.3 Å². The highest BCUT2D eigenvalue weighted by Crippen LogP contribution is 2.43. The summed E-state index contributed by atoms with van der Waals surface area (Å²) in [7, 11) is -4.61. The lowest BCUT2D eigenvalue weighted by molar-refractivity contribution is 0.281. The Labute approximate surface area is 131 Å². The van der Waals surface area contributed by atoms with Crippen LogP contribution in [0.1, 0.15) is 36.6 Å². The van der Waals surface area contributed by atoms with Crippen molar-refractivity contribution in [3.63, 3.8) is 0 Å². The molecule has 22 heavy (non-hydrogen) atoms. The molecule has 7 nitrogen and oxygen atoms in total. The van der Waals surface area contributed by atoms with Crippen molar-refractivity contribution in [3.05, 3.63) is 28.5 Å². The maximum atomic E-state index is 10.7. The van der Waals surface area contributed by atoms with Crippen molar-refractivity contribution in [2.45, 2.75) is 31.7 Å². The smallest absolute Gasteiger partial charge is 0.327 e. The molecule has 0 bridgehead atoms. The molecule has 2 heterocycles. The lowest BCUT2D eigenvalue weighted by Crippen LogP contribution is -2.17. The fourth-order valence-corrected chi connectivity index (χ4v) is 3.25. The number of hydrogen-bond donors (Lipinski definition) is 1. The Morgan fingerprint density at radius 3 is 2.86 bits per heavy atom.